The van der Waals surface area contributed by atoms with Crippen LogP contribution >= 0.6 is 0 Å². The maximum Gasteiger partial charge on any atom is 0.460 e. The van der Waals surface area contributed by atoms with Crippen molar-refractivity contribution < 1.29 is 40.6 Å². The Bertz CT molecular complexity index is 592. The zero-order valence-corrected chi connectivity index (χ0v) is 8.93. The van der Waals surface area contributed by atoms with Gasteiger partial charge in [-0.25, -0.2) is 9.59 Å². The van der Waals surface area contributed by atoms with Crippen LogP contribution in [0.1, 0.15) is 16.1 Å². The van der Waals surface area contributed by atoms with Gasteiger partial charge in [-0.2, -0.15) is 35.7 Å². The van der Waals surface area contributed by atoms with Gasteiger partial charge in [-0.1, -0.05) is 0 Å². The number of nitrogens with zero attached hydrogens (tertiary/aromatic N) is 1. The molecule has 0 atom stereocenters. The summed E-state index contributed by atoms with van der Waals surface area (Å²) in [6, 6.07) is 0. The van der Waals surface area contributed by atoms with E-state index in [4.69, 9.17) is 5.11 Å². The normalized spacial score (nSPS) is 13.3. The fourth-order valence-corrected chi connectivity index (χ4v) is 1.13. The summed E-state index contributed by atoms with van der Waals surface area (Å²) in [6.45, 7) is 0. The van der Waals surface area contributed by atoms with Crippen LogP contribution in [0.25, 0.3) is 0 Å². The molecule has 0 aliphatic heterocycles. The first-order valence-electron chi connectivity index (χ1n) is 4.48. The minimum Gasteiger partial charge on any atom is -0.478 e. The number of H-pyrrole nitrogens is 1. The second-order valence-corrected chi connectivity index (χ2v) is 3.42. The number of hydrogen-bond donors (Lipinski definition) is 2. The molecule has 12 heteroatoms. The molecule has 2 N–H and O–H groups in total. The van der Waals surface area contributed by atoms with Crippen LogP contribution in [0.5, 0.6) is 0 Å². The Kier molecular flexibility index (Phi) is 3.54. The van der Waals surface area contributed by atoms with E-state index in [1.807, 2.05) is 0 Å². The summed E-state index contributed by atoms with van der Waals surface area (Å²) >= 11 is 0. The van der Waals surface area contributed by atoms with Gasteiger partial charge in [0.05, 0.1) is 0 Å². The van der Waals surface area contributed by atoms with Crippen LogP contribution in [-0.2, 0) is 5.92 Å². The summed E-state index contributed by atoms with van der Waals surface area (Å²) in [5.41, 5.74) is -5.86. The van der Waals surface area contributed by atoms with E-state index in [0.717, 1.165) is 0 Å². The molecule has 0 saturated carbocycles. The molecule has 1 aromatic rings. The summed E-state index contributed by atoms with van der Waals surface area (Å²) in [5.74, 6) is -14.9. The van der Waals surface area contributed by atoms with Crippen molar-refractivity contribution >= 4 is 5.97 Å². The second kappa shape index (κ2) is 4.45. The number of aromatic amines is 1. The van der Waals surface area contributed by atoms with Gasteiger partial charge in [0.2, 0.25) is 0 Å². The molecule has 1 rings (SSSR count). The van der Waals surface area contributed by atoms with Crippen LogP contribution in [0.4, 0.5) is 30.7 Å². The third-order valence-corrected chi connectivity index (χ3v) is 2.09. The summed E-state index contributed by atoms with van der Waals surface area (Å²) < 4.78 is 87.9. The molecule has 0 fully saturated rings. The molecule has 0 aliphatic carbocycles. The van der Waals surface area contributed by atoms with Gasteiger partial charge in [0.15, 0.2) is 0 Å². The van der Waals surface area contributed by atoms with Gasteiger partial charge in [-0.05, 0) is 0 Å². The van der Waals surface area contributed by atoms with Gasteiger partial charge in [0.25, 0.3) is 0 Å². The van der Waals surface area contributed by atoms with Crippen molar-refractivity contribution in [3.63, 3.8) is 0 Å². The maximum absolute atomic E-state index is 13.3. The van der Waals surface area contributed by atoms with Gasteiger partial charge in [-0.3, -0.25) is 0 Å². The summed E-state index contributed by atoms with van der Waals surface area (Å²) in [6.07, 6.45) is -6.62. The van der Waals surface area contributed by atoms with E-state index in [2.05, 4.69) is 4.98 Å². The summed E-state index contributed by atoms with van der Waals surface area (Å²) in [7, 11) is 0. The standard InChI is InChI=1S/C8H3F7N2O3/c9-6(10,7(11,12)8(13,14)15)3-2(4(18)19)1-16-5(20)17-3/h1H,(H,18,19)(H,16,17,20). The fraction of sp³-hybridized carbons (Fsp3) is 0.375. The molecule has 0 aromatic carbocycles. The number of rotatable bonds is 3. The summed E-state index contributed by atoms with van der Waals surface area (Å²) in [5, 5.41) is 8.47. The van der Waals surface area contributed by atoms with E-state index >= 15 is 0 Å². The summed E-state index contributed by atoms with van der Waals surface area (Å²) in [4.78, 5) is 24.9. The molecule has 5 nitrogen and oxygen atoms in total. The second-order valence-electron chi connectivity index (χ2n) is 3.42. The Morgan fingerprint density at radius 3 is 2.05 bits per heavy atom. The van der Waals surface area contributed by atoms with Crippen LogP contribution in [-0.4, -0.2) is 33.1 Å². The van der Waals surface area contributed by atoms with Crippen LogP contribution in [0.3, 0.4) is 0 Å². The number of hydrogen-bond acceptors (Lipinski definition) is 3. The van der Waals surface area contributed by atoms with Crippen molar-refractivity contribution in [1.82, 2.24) is 9.97 Å². The smallest absolute Gasteiger partial charge is 0.460 e. The minimum absolute atomic E-state index is 0.0490. The van der Waals surface area contributed by atoms with Crippen molar-refractivity contribution in [1.29, 1.82) is 0 Å². The number of aromatic nitrogens is 2. The Labute approximate surface area is 104 Å². The van der Waals surface area contributed by atoms with Crippen LogP contribution in [0.2, 0.25) is 0 Å². The first-order chi connectivity index (χ1) is 8.82. The Balaban J connectivity index is 3.62. The lowest BCUT2D eigenvalue weighted by atomic mass is 10.0. The van der Waals surface area contributed by atoms with Gasteiger partial charge in [0, 0.05) is 6.20 Å². The third kappa shape index (κ3) is 2.32. The fourth-order valence-electron chi connectivity index (χ4n) is 1.13. The average Bonchev–Trinajstić information content (AvgIpc) is 2.26. The molecule has 0 radical (unpaired) electrons. The van der Waals surface area contributed by atoms with E-state index in [0.29, 0.717) is 0 Å². The molecule has 0 saturated heterocycles. The quantitative estimate of drug-likeness (QED) is 0.834. The highest BCUT2D eigenvalue weighted by Gasteiger charge is 2.75. The van der Waals surface area contributed by atoms with E-state index in [1.165, 1.54) is 4.98 Å². The number of alkyl halides is 7. The Morgan fingerprint density at radius 1 is 1.15 bits per heavy atom. The molecule has 0 bridgehead atoms. The predicted octanol–water partition coefficient (Wildman–Crippen LogP) is 1.76. The molecule has 20 heavy (non-hydrogen) atoms. The number of carbonyl (C=O) groups is 1. The number of halogens is 7. The minimum atomic E-state index is -6.67. The SMILES string of the molecule is O=C(O)c1c[nH]c(=O)nc1C(F)(F)C(F)(F)C(F)(F)F. The van der Waals surface area contributed by atoms with Crippen molar-refractivity contribution in [2.24, 2.45) is 0 Å². The van der Waals surface area contributed by atoms with Gasteiger partial charge in [-0.15, -0.1) is 0 Å². The molecular weight excluding hydrogens is 305 g/mol. The van der Waals surface area contributed by atoms with Crippen molar-refractivity contribution in [3.8, 4) is 0 Å². The lowest BCUT2D eigenvalue weighted by Gasteiger charge is -2.27. The lowest BCUT2D eigenvalue weighted by molar-refractivity contribution is -0.360. The highest BCUT2D eigenvalue weighted by molar-refractivity contribution is 5.88. The molecule has 0 amide bonds. The molecule has 0 aliphatic rings. The van der Waals surface area contributed by atoms with E-state index < -0.39 is 40.9 Å². The van der Waals surface area contributed by atoms with Gasteiger partial charge in [0.1, 0.15) is 11.3 Å². The maximum atomic E-state index is 13.3. The molecule has 112 valence electrons. The predicted molar refractivity (Wildman–Crippen MR) is 46.7 cm³/mol. The van der Waals surface area contributed by atoms with Crippen molar-refractivity contribution in [3.05, 3.63) is 27.9 Å². The first kappa shape index (κ1) is 15.9. The molecule has 1 aromatic heterocycles. The number of nitrogens with one attached hydrogen (secondary N) is 1. The van der Waals surface area contributed by atoms with Crippen molar-refractivity contribution in [2.45, 2.75) is 18.0 Å². The largest absolute Gasteiger partial charge is 0.478 e. The molecule has 0 spiro atoms. The van der Waals surface area contributed by atoms with Gasteiger partial charge >= 0.3 is 29.7 Å². The third-order valence-electron chi connectivity index (χ3n) is 2.09. The van der Waals surface area contributed by atoms with Gasteiger partial charge < -0.3 is 10.1 Å². The topological polar surface area (TPSA) is 83.0 Å². The average molecular weight is 308 g/mol. The Morgan fingerprint density at radius 2 is 1.65 bits per heavy atom. The van der Waals surface area contributed by atoms with E-state index in [9.17, 15) is 40.3 Å². The number of carboxylic acid groups (broad SMARTS) is 1. The Hall–Kier alpha value is -2.14. The van der Waals surface area contributed by atoms with E-state index in [1.54, 1.807) is 0 Å². The number of carboxylic acids is 1. The molecule has 1 heterocycles. The van der Waals surface area contributed by atoms with E-state index in [-0.39, 0.29) is 6.20 Å². The van der Waals surface area contributed by atoms with Crippen LogP contribution in [0, 0.1) is 0 Å². The van der Waals surface area contributed by atoms with Crippen LogP contribution in [0.15, 0.2) is 11.0 Å². The molecule has 0 unspecified atom stereocenters. The van der Waals surface area contributed by atoms with Crippen LogP contribution < -0.4 is 5.69 Å². The van der Waals surface area contributed by atoms with Crippen molar-refractivity contribution in [2.75, 3.05) is 0 Å². The highest BCUT2D eigenvalue weighted by Crippen LogP contribution is 2.51. The highest BCUT2D eigenvalue weighted by atomic mass is 19.4. The zero-order valence-electron chi connectivity index (χ0n) is 8.93. The number of aromatic carboxylic acids is 1. The lowest BCUT2D eigenvalue weighted by Crippen LogP contribution is -2.51. The monoisotopic (exact) mass is 308 g/mol. The molecular formula is C8H3F7N2O3. The zero-order chi connectivity index (χ0) is 15.9. The first-order valence-corrected chi connectivity index (χ1v) is 4.48.